The molecule has 2 aliphatic heterocycles. The van der Waals surface area contributed by atoms with Crippen LogP contribution < -0.4 is 0 Å². The number of phenolic OH excluding ortho intramolecular Hbond substituents is 1. The van der Waals surface area contributed by atoms with Crippen molar-refractivity contribution >= 4 is 57.6 Å². The van der Waals surface area contributed by atoms with Crippen LogP contribution in [0, 0.1) is 17.8 Å². The maximum absolute atomic E-state index is 14.0. The van der Waals surface area contributed by atoms with Crippen molar-refractivity contribution in [1.29, 1.82) is 0 Å². The van der Waals surface area contributed by atoms with Gasteiger partial charge in [-0.15, -0.1) is 23.2 Å². The Hall–Kier alpha value is -3.68. The summed E-state index contributed by atoms with van der Waals surface area (Å²) in [6.45, 7) is 0.158. The van der Waals surface area contributed by atoms with E-state index in [0.717, 1.165) is 16.0 Å². The fourth-order valence-electron chi connectivity index (χ4n) is 7.63. The maximum atomic E-state index is 14.0. The molecule has 208 valence electrons. The van der Waals surface area contributed by atoms with Gasteiger partial charge in [0.1, 0.15) is 5.75 Å². The second-order valence-electron chi connectivity index (χ2n) is 11.5. The monoisotopic (exact) mass is 588 g/mol. The summed E-state index contributed by atoms with van der Waals surface area (Å²) >= 11 is 14.6. The molecule has 4 aliphatic rings. The predicted molar refractivity (Wildman–Crippen MR) is 153 cm³/mol. The molecule has 0 radical (unpaired) electrons. The van der Waals surface area contributed by atoms with Gasteiger partial charge in [0, 0.05) is 18.4 Å². The lowest BCUT2D eigenvalue weighted by atomic mass is 9.56. The van der Waals surface area contributed by atoms with Crippen molar-refractivity contribution in [2.75, 3.05) is 7.05 Å². The zero-order chi connectivity index (χ0) is 28.8. The third-order valence-corrected chi connectivity index (χ3v) is 10.9. The Bertz CT molecular complexity index is 1710. The van der Waals surface area contributed by atoms with Crippen LogP contribution >= 0.6 is 23.2 Å². The number of rotatable bonds is 3. The summed E-state index contributed by atoms with van der Waals surface area (Å²) in [5.74, 6) is -4.50. The number of benzene rings is 3. The molecule has 0 aromatic heterocycles. The van der Waals surface area contributed by atoms with Crippen molar-refractivity contribution in [2.45, 2.75) is 35.1 Å². The number of carbonyl (C=O) groups excluding carboxylic acids is 4. The van der Waals surface area contributed by atoms with Gasteiger partial charge >= 0.3 is 0 Å². The third kappa shape index (κ3) is 3.33. The first-order chi connectivity index (χ1) is 19.6. The van der Waals surface area contributed by atoms with Gasteiger partial charge < -0.3 is 5.11 Å². The van der Waals surface area contributed by atoms with E-state index in [2.05, 4.69) is 0 Å². The molecule has 1 N–H and O–H groups in total. The van der Waals surface area contributed by atoms with Gasteiger partial charge in [-0.25, -0.2) is 0 Å². The Kier molecular flexibility index (Phi) is 5.70. The third-order valence-electron chi connectivity index (χ3n) is 9.53. The number of phenols is 1. The Morgan fingerprint density at radius 3 is 2.27 bits per heavy atom. The summed E-state index contributed by atoms with van der Waals surface area (Å²) in [6, 6.07) is 19.8. The highest BCUT2D eigenvalue weighted by atomic mass is 35.5. The summed E-state index contributed by atoms with van der Waals surface area (Å²) < 4.78 is 0. The summed E-state index contributed by atoms with van der Waals surface area (Å²) in [6.07, 6.45) is 2.18. The van der Waals surface area contributed by atoms with E-state index < -0.39 is 45.2 Å². The normalized spacial score (nSPS) is 32.7. The van der Waals surface area contributed by atoms with Crippen LogP contribution in [0.15, 0.2) is 78.4 Å². The number of hydrogen-bond acceptors (Lipinski definition) is 5. The summed E-state index contributed by atoms with van der Waals surface area (Å²) in [5, 5.41) is 11.8. The van der Waals surface area contributed by atoms with E-state index in [0.29, 0.717) is 22.8 Å². The highest BCUT2D eigenvalue weighted by Crippen LogP contribution is 2.65. The lowest BCUT2D eigenvalue weighted by molar-refractivity contribution is -0.141. The highest BCUT2D eigenvalue weighted by molar-refractivity contribution is 6.53. The highest BCUT2D eigenvalue weighted by Gasteiger charge is 2.76. The molecule has 3 aromatic carbocycles. The van der Waals surface area contributed by atoms with Gasteiger partial charge in [-0.2, -0.15) is 0 Å². The van der Waals surface area contributed by atoms with Crippen LogP contribution in [-0.2, 0) is 25.7 Å². The van der Waals surface area contributed by atoms with E-state index in [-0.39, 0.29) is 30.5 Å². The van der Waals surface area contributed by atoms with Gasteiger partial charge in [-0.1, -0.05) is 72.3 Å². The number of aromatic hydroxyl groups is 1. The standard InChI is InChI=1S/C32H26Cl2N2O5/c1-35-29(40)31(33)15-23-21(11-12-22-25(23)28(39)36(27(22)38)16-17-7-3-2-4-8-17)26(32(31,34)30(35)41)20-13-14-24(37)19-10-6-5-9-18(19)20/h2-11,13-14,22-23,25-26,37H,12,15-16H2,1H3/t22-,23+,25-,26-,31+,32-/m0/s1. The smallest absolute Gasteiger partial charge is 0.253 e. The number of halogens is 2. The van der Waals surface area contributed by atoms with Crippen molar-refractivity contribution in [2.24, 2.45) is 17.8 Å². The van der Waals surface area contributed by atoms with Crippen molar-refractivity contribution in [1.82, 2.24) is 9.80 Å². The van der Waals surface area contributed by atoms with Crippen molar-refractivity contribution < 1.29 is 24.3 Å². The molecular weight excluding hydrogens is 563 g/mol. The molecule has 7 rings (SSSR count). The van der Waals surface area contributed by atoms with Gasteiger partial charge in [-0.05, 0) is 41.3 Å². The zero-order valence-corrected chi connectivity index (χ0v) is 23.6. The van der Waals surface area contributed by atoms with Crippen LogP contribution in [0.4, 0.5) is 0 Å². The van der Waals surface area contributed by atoms with E-state index in [1.54, 1.807) is 24.3 Å². The Morgan fingerprint density at radius 1 is 0.854 bits per heavy atom. The zero-order valence-electron chi connectivity index (χ0n) is 22.1. The molecule has 0 unspecified atom stereocenters. The Morgan fingerprint density at radius 2 is 1.54 bits per heavy atom. The maximum Gasteiger partial charge on any atom is 0.253 e. The van der Waals surface area contributed by atoms with Gasteiger partial charge in [-0.3, -0.25) is 29.0 Å². The van der Waals surface area contributed by atoms with Gasteiger partial charge in [0.25, 0.3) is 11.8 Å². The number of carbonyl (C=O) groups is 4. The van der Waals surface area contributed by atoms with Crippen LogP contribution in [0.3, 0.4) is 0 Å². The summed E-state index contributed by atoms with van der Waals surface area (Å²) in [7, 11) is 1.37. The number of nitrogens with zero attached hydrogens (tertiary/aromatic N) is 2. The number of imide groups is 2. The molecule has 0 spiro atoms. The molecule has 41 heavy (non-hydrogen) atoms. The molecule has 7 nitrogen and oxygen atoms in total. The second-order valence-corrected chi connectivity index (χ2v) is 12.7. The van der Waals surface area contributed by atoms with Crippen molar-refractivity contribution in [3.8, 4) is 5.75 Å². The lowest BCUT2D eigenvalue weighted by Gasteiger charge is -2.51. The van der Waals surface area contributed by atoms with Gasteiger partial charge in [0.2, 0.25) is 11.8 Å². The van der Waals surface area contributed by atoms with E-state index in [1.165, 1.54) is 11.9 Å². The first-order valence-corrected chi connectivity index (χ1v) is 14.3. The number of likely N-dealkylation sites (tertiary alicyclic amines) is 2. The molecule has 3 aromatic rings. The molecule has 4 amide bonds. The van der Waals surface area contributed by atoms with E-state index in [1.807, 2.05) is 48.5 Å². The van der Waals surface area contributed by atoms with E-state index in [9.17, 15) is 24.3 Å². The first kappa shape index (κ1) is 26.2. The summed E-state index contributed by atoms with van der Waals surface area (Å²) in [5.41, 5.74) is 2.19. The first-order valence-electron chi connectivity index (χ1n) is 13.6. The molecule has 2 heterocycles. The molecule has 9 heteroatoms. The quantitative estimate of drug-likeness (QED) is 0.271. The fraction of sp³-hybridized carbons (Fsp3) is 0.312. The number of fused-ring (bicyclic) bond motifs is 5. The molecule has 2 aliphatic carbocycles. The average Bonchev–Trinajstić information content (AvgIpc) is 3.29. The molecule has 2 saturated heterocycles. The predicted octanol–water partition coefficient (Wildman–Crippen LogP) is 4.73. The minimum Gasteiger partial charge on any atom is -0.507 e. The summed E-state index contributed by atoms with van der Waals surface area (Å²) in [4.78, 5) is 53.6. The van der Waals surface area contributed by atoms with Crippen molar-refractivity contribution in [3.63, 3.8) is 0 Å². The molecular formula is C32H26Cl2N2O5. The van der Waals surface area contributed by atoms with Crippen LogP contribution in [0.1, 0.15) is 29.9 Å². The average molecular weight is 589 g/mol. The number of amides is 4. The Labute approximate surface area is 246 Å². The van der Waals surface area contributed by atoms with Gasteiger partial charge in [0.05, 0.1) is 18.4 Å². The Balaban J connectivity index is 1.40. The largest absolute Gasteiger partial charge is 0.507 e. The molecule has 3 fully saturated rings. The van der Waals surface area contributed by atoms with Crippen LogP contribution in [0.5, 0.6) is 5.75 Å². The fourth-order valence-corrected chi connectivity index (χ4v) is 8.65. The van der Waals surface area contributed by atoms with Crippen molar-refractivity contribution in [3.05, 3.63) is 89.5 Å². The second kappa shape index (κ2) is 8.91. The number of alkyl halides is 2. The van der Waals surface area contributed by atoms with Crippen LogP contribution in [0.2, 0.25) is 0 Å². The molecule has 0 bridgehead atoms. The van der Waals surface area contributed by atoms with Gasteiger partial charge in [0.15, 0.2) is 9.75 Å². The lowest BCUT2D eigenvalue weighted by Crippen LogP contribution is -2.60. The van der Waals surface area contributed by atoms with Crippen LogP contribution in [0.25, 0.3) is 10.8 Å². The number of allylic oxidation sites excluding steroid dienone is 2. The molecule has 1 saturated carbocycles. The topological polar surface area (TPSA) is 95.0 Å². The minimum atomic E-state index is -1.87. The number of hydrogen-bond donors (Lipinski definition) is 1. The van der Waals surface area contributed by atoms with E-state index in [4.69, 9.17) is 23.2 Å². The molecule has 6 atom stereocenters. The van der Waals surface area contributed by atoms with Crippen LogP contribution in [-0.4, -0.2) is 55.3 Å². The minimum absolute atomic E-state index is 0.0509. The SMILES string of the molecule is CN1C(=O)[C@]2(Cl)C[C@@H]3C(=CC[C@@H]4C(=O)N(Cc5ccccc5)C(=O)[C@@H]43)[C@H](c3ccc(O)c4ccccc34)[C@]2(Cl)C1=O. The van der Waals surface area contributed by atoms with E-state index >= 15 is 0 Å².